The van der Waals surface area contributed by atoms with Gasteiger partial charge < -0.3 is 10.6 Å². The van der Waals surface area contributed by atoms with Gasteiger partial charge in [0.2, 0.25) is 11.8 Å². The van der Waals surface area contributed by atoms with Crippen molar-refractivity contribution in [2.75, 3.05) is 6.54 Å². The van der Waals surface area contributed by atoms with Crippen LogP contribution in [0.1, 0.15) is 25.7 Å². The summed E-state index contributed by atoms with van der Waals surface area (Å²) in [6, 6.07) is 0.392. The SMILES string of the molecule is NC(=O)C1CCC2CCC(=O)N2C1. The highest BCUT2D eigenvalue weighted by Gasteiger charge is 2.37. The third-order valence-corrected chi connectivity index (χ3v) is 3.12. The molecule has 2 rings (SSSR count). The van der Waals surface area contributed by atoms with Crippen LogP contribution in [-0.4, -0.2) is 29.3 Å². The van der Waals surface area contributed by atoms with E-state index >= 15 is 0 Å². The maximum absolute atomic E-state index is 11.4. The van der Waals surface area contributed by atoms with Crippen molar-refractivity contribution in [3.63, 3.8) is 0 Å². The minimum atomic E-state index is -0.266. The third kappa shape index (κ3) is 1.41. The van der Waals surface area contributed by atoms with Gasteiger partial charge in [-0.1, -0.05) is 0 Å². The molecular formula is C9H14N2O2. The summed E-state index contributed by atoms with van der Waals surface area (Å²) in [6.07, 6.45) is 3.41. The lowest BCUT2D eigenvalue weighted by molar-refractivity contribution is -0.133. The molecule has 0 spiro atoms. The van der Waals surface area contributed by atoms with E-state index in [9.17, 15) is 9.59 Å². The Balaban J connectivity index is 2.05. The van der Waals surface area contributed by atoms with E-state index in [0.717, 1.165) is 19.3 Å². The van der Waals surface area contributed by atoms with E-state index in [2.05, 4.69) is 0 Å². The first-order valence-electron chi connectivity index (χ1n) is 4.77. The van der Waals surface area contributed by atoms with E-state index in [-0.39, 0.29) is 17.7 Å². The molecule has 2 fully saturated rings. The Bertz CT molecular complexity index is 252. The predicted octanol–water partition coefficient (Wildman–Crippen LogP) is -0.127. The zero-order valence-electron chi connectivity index (χ0n) is 7.53. The van der Waals surface area contributed by atoms with Crippen LogP contribution in [0.15, 0.2) is 0 Å². The molecule has 0 aromatic carbocycles. The molecule has 13 heavy (non-hydrogen) atoms. The van der Waals surface area contributed by atoms with Gasteiger partial charge in [-0.25, -0.2) is 0 Å². The lowest BCUT2D eigenvalue weighted by atomic mass is 9.93. The average molecular weight is 182 g/mol. The van der Waals surface area contributed by atoms with Crippen molar-refractivity contribution in [2.45, 2.75) is 31.7 Å². The Morgan fingerprint density at radius 1 is 1.38 bits per heavy atom. The molecule has 0 aliphatic carbocycles. The maximum Gasteiger partial charge on any atom is 0.222 e. The van der Waals surface area contributed by atoms with Gasteiger partial charge in [0, 0.05) is 19.0 Å². The Labute approximate surface area is 77.1 Å². The number of piperidine rings is 1. The fourth-order valence-corrected chi connectivity index (χ4v) is 2.30. The summed E-state index contributed by atoms with van der Waals surface area (Å²) in [7, 11) is 0. The molecule has 2 amide bonds. The molecule has 72 valence electrons. The zero-order chi connectivity index (χ0) is 9.42. The third-order valence-electron chi connectivity index (χ3n) is 3.12. The number of hydrogen-bond donors (Lipinski definition) is 1. The van der Waals surface area contributed by atoms with Crippen LogP contribution in [0.4, 0.5) is 0 Å². The molecule has 0 saturated carbocycles. The standard InChI is InChI=1S/C9H14N2O2/c10-9(13)6-1-2-7-3-4-8(12)11(7)5-6/h6-7H,1-5H2,(H2,10,13). The molecule has 2 atom stereocenters. The van der Waals surface area contributed by atoms with E-state index in [1.54, 1.807) is 0 Å². The van der Waals surface area contributed by atoms with Gasteiger partial charge in [-0.3, -0.25) is 9.59 Å². The van der Waals surface area contributed by atoms with Crippen LogP contribution in [0.5, 0.6) is 0 Å². The number of carbonyl (C=O) groups is 2. The highest BCUT2D eigenvalue weighted by Crippen LogP contribution is 2.30. The van der Waals surface area contributed by atoms with Gasteiger partial charge in [-0.05, 0) is 19.3 Å². The van der Waals surface area contributed by atoms with Crippen molar-refractivity contribution in [1.29, 1.82) is 0 Å². The van der Waals surface area contributed by atoms with Crippen LogP contribution < -0.4 is 5.73 Å². The lowest BCUT2D eigenvalue weighted by Crippen LogP contribution is -2.45. The molecule has 4 heteroatoms. The highest BCUT2D eigenvalue weighted by molar-refractivity contribution is 5.81. The van der Waals surface area contributed by atoms with Gasteiger partial charge in [-0.15, -0.1) is 0 Å². The number of hydrogen-bond acceptors (Lipinski definition) is 2. The van der Waals surface area contributed by atoms with Gasteiger partial charge in [0.25, 0.3) is 0 Å². The second-order valence-electron chi connectivity index (χ2n) is 3.92. The van der Waals surface area contributed by atoms with Crippen LogP contribution in [0.3, 0.4) is 0 Å². The summed E-state index contributed by atoms with van der Waals surface area (Å²) in [4.78, 5) is 24.1. The highest BCUT2D eigenvalue weighted by atomic mass is 16.2. The van der Waals surface area contributed by atoms with Gasteiger partial charge in [0.1, 0.15) is 0 Å². The largest absolute Gasteiger partial charge is 0.369 e. The number of nitrogens with two attached hydrogens (primary N) is 1. The molecule has 2 N–H and O–H groups in total. The summed E-state index contributed by atoms with van der Waals surface area (Å²) in [6.45, 7) is 0.554. The molecule has 2 heterocycles. The quantitative estimate of drug-likeness (QED) is 0.614. The summed E-state index contributed by atoms with van der Waals surface area (Å²) >= 11 is 0. The first-order chi connectivity index (χ1) is 6.18. The van der Waals surface area contributed by atoms with Crippen molar-refractivity contribution >= 4 is 11.8 Å². The van der Waals surface area contributed by atoms with Gasteiger partial charge >= 0.3 is 0 Å². The molecule has 0 aromatic rings. The molecule has 0 aromatic heterocycles. The molecule has 2 aliphatic heterocycles. The van der Waals surface area contributed by atoms with Gasteiger partial charge in [0.05, 0.1) is 5.92 Å². The van der Waals surface area contributed by atoms with E-state index in [0.29, 0.717) is 19.0 Å². The van der Waals surface area contributed by atoms with Crippen LogP contribution in [-0.2, 0) is 9.59 Å². The average Bonchev–Trinajstić information content (AvgIpc) is 2.47. The van der Waals surface area contributed by atoms with Crippen molar-refractivity contribution in [1.82, 2.24) is 4.90 Å². The fourth-order valence-electron chi connectivity index (χ4n) is 2.30. The number of fused-ring (bicyclic) bond motifs is 1. The summed E-state index contributed by atoms with van der Waals surface area (Å²) in [5, 5.41) is 0. The minimum Gasteiger partial charge on any atom is -0.369 e. The number of carbonyl (C=O) groups excluding carboxylic acids is 2. The first-order valence-corrected chi connectivity index (χ1v) is 4.77. The Morgan fingerprint density at radius 3 is 2.85 bits per heavy atom. The van der Waals surface area contributed by atoms with Crippen molar-refractivity contribution < 1.29 is 9.59 Å². The molecule has 2 unspecified atom stereocenters. The number of primary amides is 1. The van der Waals surface area contributed by atoms with Crippen LogP contribution in [0.25, 0.3) is 0 Å². The van der Waals surface area contributed by atoms with E-state index in [1.807, 2.05) is 4.90 Å². The zero-order valence-corrected chi connectivity index (χ0v) is 7.53. The Hall–Kier alpha value is -1.06. The smallest absolute Gasteiger partial charge is 0.222 e. The number of nitrogens with zero attached hydrogens (tertiary/aromatic N) is 1. The predicted molar refractivity (Wildman–Crippen MR) is 46.7 cm³/mol. The van der Waals surface area contributed by atoms with E-state index in [4.69, 9.17) is 5.73 Å². The molecule has 4 nitrogen and oxygen atoms in total. The summed E-state index contributed by atoms with van der Waals surface area (Å²) < 4.78 is 0. The Kier molecular flexibility index (Phi) is 1.98. The van der Waals surface area contributed by atoms with Crippen LogP contribution in [0.2, 0.25) is 0 Å². The number of rotatable bonds is 1. The molecular weight excluding hydrogens is 168 g/mol. The number of amides is 2. The van der Waals surface area contributed by atoms with Crippen LogP contribution >= 0.6 is 0 Å². The second-order valence-corrected chi connectivity index (χ2v) is 3.92. The topological polar surface area (TPSA) is 63.4 Å². The van der Waals surface area contributed by atoms with E-state index < -0.39 is 0 Å². The first kappa shape index (κ1) is 8.53. The molecule has 0 bridgehead atoms. The van der Waals surface area contributed by atoms with Gasteiger partial charge in [-0.2, -0.15) is 0 Å². The lowest BCUT2D eigenvalue weighted by Gasteiger charge is -2.33. The second kappa shape index (κ2) is 3.01. The fraction of sp³-hybridized carbons (Fsp3) is 0.778. The van der Waals surface area contributed by atoms with Crippen molar-refractivity contribution in [3.8, 4) is 0 Å². The van der Waals surface area contributed by atoms with Crippen LogP contribution in [0, 0.1) is 5.92 Å². The van der Waals surface area contributed by atoms with E-state index in [1.165, 1.54) is 0 Å². The monoisotopic (exact) mass is 182 g/mol. The summed E-state index contributed by atoms with van der Waals surface area (Å²) in [5.74, 6) is -0.188. The minimum absolute atomic E-state index is 0.113. The van der Waals surface area contributed by atoms with Crippen molar-refractivity contribution in [2.24, 2.45) is 11.7 Å². The molecule has 2 saturated heterocycles. The normalized spacial score (nSPS) is 33.2. The van der Waals surface area contributed by atoms with Gasteiger partial charge in [0.15, 0.2) is 0 Å². The maximum atomic E-state index is 11.4. The van der Waals surface area contributed by atoms with Crippen molar-refractivity contribution in [3.05, 3.63) is 0 Å². The summed E-state index contributed by atoms with van der Waals surface area (Å²) in [5.41, 5.74) is 5.22. The molecule has 0 radical (unpaired) electrons. The Morgan fingerprint density at radius 2 is 2.15 bits per heavy atom. The molecule has 2 aliphatic rings.